The van der Waals surface area contributed by atoms with E-state index >= 15 is 0 Å². The van der Waals surface area contributed by atoms with Crippen LogP contribution in [0.4, 0.5) is 8.78 Å². The third kappa shape index (κ3) is 5.70. The number of carbonyl (C=O) groups excluding carboxylic acids is 1. The number of amides is 1. The average Bonchev–Trinajstić information content (AvgIpc) is 2.83. The van der Waals surface area contributed by atoms with E-state index in [-0.39, 0.29) is 24.1 Å². The summed E-state index contributed by atoms with van der Waals surface area (Å²) < 4.78 is 56.5. The van der Waals surface area contributed by atoms with E-state index in [9.17, 15) is 22.0 Å². The Bertz CT molecular complexity index is 1080. The van der Waals surface area contributed by atoms with E-state index in [1.807, 2.05) is 12.1 Å². The summed E-state index contributed by atoms with van der Waals surface area (Å²) in [7, 11) is -3.58. The molecule has 0 atom stereocenters. The lowest BCUT2D eigenvalue weighted by Crippen LogP contribution is -2.42. The molecule has 1 saturated heterocycles. The fourth-order valence-corrected chi connectivity index (χ4v) is 6.02. The van der Waals surface area contributed by atoms with Crippen molar-refractivity contribution >= 4 is 15.9 Å². The first-order valence-electron chi connectivity index (χ1n) is 11.3. The van der Waals surface area contributed by atoms with Gasteiger partial charge < -0.3 is 10.1 Å². The van der Waals surface area contributed by atoms with E-state index < -0.39 is 16.6 Å². The molecule has 1 amide bonds. The number of hydrogen-bond acceptors (Lipinski definition) is 4. The van der Waals surface area contributed by atoms with Crippen LogP contribution in [0.25, 0.3) is 0 Å². The number of halogens is 2. The molecule has 178 valence electrons. The van der Waals surface area contributed by atoms with Crippen molar-refractivity contribution in [1.82, 2.24) is 9.62 Å². The van der Waals surface area contributed by atoms with Crippen molar-refractivity contribution in [2.75, 3.05) is 13.1 Å². The Labute approximate surface area is 193 Å². The van der Waals surface area contributed by atoms with Gasteiger partial charge in [0, 0.05) is 25.6 Å². The molecule has 0 unspecified atom stereocenters. The fraction of sp³-hybridized carbons (Fsp3) is 0.458. The summed E-state index contributed by atoms with van der Waals surface area (Å²) in [6.45, 7) is -2.01. The van der Waals surface area contributed by atoms with Crippen molar-refractivity contribution in [3.05, 3.63) is 59.2 Å². The molecule has 1 fully saturated rings. The largest absolute Gasteiger partial charge is 0.435 e. The van der Waals surface area contributed by atoms with Crippen molar-refractivity contribution in [1.29, 1.82) is 0 Å². The van der Waals surface area contributed by atoms with E-state index in [4.69, 9.17) is 0 Å². The van der Waals surface area contributed by atoms with Gasteiger partial charge in [-0.05, 0) is 79.5 Å². The number of fused-ring (bicyclic) bond motifs is 1. The summed E-state index contributed by atoms with van der Waals surface area (Å²) in [5, 5.41) is 2.85. The van der Waals surface area contributed by atoms with Crippen LogP contribution in [-0.2, 0) is 34.2 Å². The Kier molecular flexibility index (Phi) is 7.29. The number of ether oxygens (including phenoxy) is 1. The lowest BCUT2D eigenvalue weighted by atomic mass is 9.92. The standard InChI is InChI=1S/C24H28F2N2O4S/c25-24(26)32-21-8-5-17(6-9-21)16-27-23(29)19-11-13-28(14-12-19)33(30,31)22-10-7-18-3-1-2-4-20(18)15-22/h5-10,15,19,24H,1-4,11-14,16H2,(H,27,29). The first kappa shape index (κ1) is 23.6. The molecule has 0 saturated carbocycles. The predicted octanol–water partition coefficient (Wildman–Crippen LogP) is 3.88. The summed E-state index contributed by atoms with van der Waals surface area (Å²) in [4.78, 5) is 12.9. The molecular formula is C24H28F2N2O4S. The molecule has 2 aromatic rings. The van der Waals surface area contributed by atoms with Crippen LogP contribution in [0.1, 0.15) is 42.4 Å². The van der Waals surface area contributed by atoms with Crippen LogP contribution >= 0.6 is 0 Å². The minimum atomic E-state index is -3.58. The highest BCUT2D eigenvalue weighted by molar-refractivity contribution is 7.89. The zero-order valence-electron chi connectivity index (χ0n) is 18.3. The maximum atomic E-state index is 13.1. The first-order chi connectivity index (χ1) is 15.8. The number of hydrogen-bond donors (Lipinski definition) is 1. The van der Waals surface area contributed by atoms with Crippen LogP contribution in [0, 0.1) is 5.92 Å². The highest BCUT2D eigenvalue weighted by Crippen LogP contribution is 2.28. The molecular weight excluding hydrogens is 450 g/mol. The monoisotopic (exact) mass is 478 g/mol. The number of sulfonamides is 1. The molecule has 1 aliphatic carbocycles. The topological polar surface area (TPSA) is 75.7 Å². The molecule has 2 aromatic carbocycles. The highest BCUT2D eigenvalue weighted by atomic mass is 32.2. The lowest BCUT2D eigenvalue weighted by Gasteiger charge is -2.31. The molecule has 33 heavy (non-hydrogen) atoms. The Morgan fingerprint density at radius 3 is 2.36 bits per heavy atom. The van der Waals surface area contributed by atoms with Gasteiger partial charge in [-0.2, -0.15) is 13.1 Å². The number of nitrogens with one attached hydrogen (secondary N) is 1. The van der Waals surface area contributed by atoms with Gasteiger partial charge in [0.1, 0.15) is 5.75 Å². The Hall–Kier alpha value is -2.52. The predicted molar refractivity (Wildman–Crippen MR) is 119 cm³/mol. The van der Waals surface area contributed by atoms with Crippen LogP contribution in [-0.4, -0.2) is 38.3 Å². The number of alkyl halides is 2. The number of piperidine rings is 1. The molecule has 1 heterocycles. The molecule has 0 spiro atoms. The third-order valence-electron chi connectivity index (χ3n) is 6.40. The van der Waals surface area contributed by atoms with Crippen molar-refractivity contribution < 1.29 is 26.7 Å². The molecule has 1 aliphatic heterocycles. The van der Waals surface area contributed by atoms with Gasteiger partial charge in [-0.25, -0.2) is 8.42 Å². The van der Waals surface area contributed by atoms with Gasteiger partial charge in [0.25, 0.3) is 0 Å². The van der Waals surface area contributed by atoms with Crippen molar-refractivity contribution in [2.45, 2.75) is 56.6 Å². The maximum absolute atomic E-state index is 13.1. The van der Waals surface area contributed by atoms with Gasteiger partial charge in [0.2, 0.25) is 15.9 Å². The van der Waals surface area contributed by atoms with Crippen LogP contribution in [0.5, 0.6) is 5.75 Å². The molecule has 1 N–H and O–H groups in total. The van der Waals surface area contributed by atoms with E-state index in [1.54, 1.807) is 18.2 Å². The molecule has 0 aromatic heterocycles. The minimum absolute atomic E-state index is 0.0626. The first-order valence-corrected chi connectivity index (χ1v) is 12.7. The summed E-state index contributed by atoms with van der Waals surface area (Å²) in [6.07, 6.45) is 5.07. The number of rotatable bonds is 7. The zero-order valence-corrected chi connectivity index (χ0v) is 19.1. The fourth-order valence-electron chi connectivity index (χ4n) is 4.50. The van der Waals surface area contributed by atoms with E-state index in [0.29, 0.717) is 30.8 Å². The van der Waals surface area contributed by atoms with Crippen molar-refractivity contribution in [3.8, 4) is 5.75 Å². The van der Waals surface area contributed by atoms with Crippen molar-refractivity contribution in [3.63, 3.8) is 0 Å². The average molecular weight is 479 g/mol. The third-order valence-corrected chi connectivity index (χ3v) is 8.29. The Balaban J connectivity index is 1.29. The lowest BCUT2D eigenvalue weighted by molar-refractivity contribution is -0.126. The molecule has 6 nitrogen and oxygen atoms in total. The van der Waals surface area contributed by atoms with Gasteiger partial charge in [-0.15, -0.1) is 0 Å². The second-order valence-electron chi connectivity index (χ2n) is 8.56. The molecule has 9 heteroatoms. The molecule has 0 radical (unpaired) electrons. The minimum Gasteiger partial charge on any atom is -0.435 e. The Morgan fingerprint density at radius 2 is 1.70 bits per heavy atom. The van der Waals surface area contributed by atoms with Gasteiger partial charge in [-0.1, -0.05) is 18.2 Å². The summed E-state index contributed by atoms with van der Waals surface area (Å²) in [6, 6.07) is 11.6. The number of carbonyl (C=O) groups is 1. The van der Waals surface area contributed by atoms with Gasteiger partial charge in [0.05, 0.1) is 4.90 Å². The normalized spacial score (nSPS) is 17.5. The summed E-state index contributed by atoms with van der Waals surface area (Å²) in [5.41, 5.74) is 3.13. The number of benzene rings is 2. The second kappa shape index (κ2) is 10.2. The zero-order chi connectivity index (χ0) is 23.4. The summed E-state index contributed by atoms with van der Waals surface area (Å²) in [5.74, 6) is -0.331. The second-order valence-corrected chi connectivity index (χ2v) is 10.5. The van der Waals surface area contributed by atoms with Crippen LogP contribution in [0.2, 0.25) is 0 Å². The summed E-state index contributed by atoms with van der Waals surface area (Å²) >= 11 is 0. The van der Waals surface area contributed by atoms with Gasteiger partial charge in [-0.3, -0.25) is 4.79 Å². The van der Waals surface area contributed by atoms with Crippen LogP contribution in [0.3, 0.4) is 0 Å². The number of aryl methyl sites for hydroxylation is 2. The van der Waals surface area contributed by atoms with E-state index in [1.165, 1.54) is 22.0 Å². The van der Waals surface area contributed by atoms with E-state index in [0.717, 1.165) is 36.8 Å². The van der Waals surface area contributed by atoms with E-state index in [2.05, 4.69) is 10.1 Å². The molecule has 0 bridgehead atoms. The van der Waals surface area contributed by atoms with Gasteiger partial charge in [0.15, 0.2) is 0 Å². The SMILES string of the molecule is O=C(NCc1ccc(OC(F)F)cc1)C1CCN(S(=O)(=O)c2ccc3c(c2)CCCC3)CC1. The maximum Gasteiger partial charge on any atom is 0.387 e. The van der Waals surface area contributed by atoms with Crippen molar-refractivity contribution in [2.24, 2.45) is 5.92 Å². The van der Waals surface area contributed by atoms with Crippen LogP contribution in [0.15, 0.2) is 47.4 Å². The van der Waals surface area contributed by atoms with Gasteiger partial charge >= 0.3 is 6.61 Å². The smallest absolute Gasteiger partial charge is 0.387 e. The number of nitrogens with zero attached hydrogens (tertiary/aromatic N) is 1. The Morgan fingerprint density at radius 1 is 1.03 bits per heavy atom. The molecule has 4 rings (SSSR count). The van der Waals surface area contributed by atoms with Crippen LogP contribution < -0.4 is 10.1 Å². The highest BCUT2D eigenvalue weighted by Gasteiger charge is 2.32. The quantitative estimate of drug-likeness (QED) is 0.655. The molecule has 2 aliphatic rings.